The summed E-state index contributed by atoms with van der Waals surface area (Å²) < 4.78 is 10.3. The van der Waals surface area contributed by atoms with Crippen LogP contribution in [0.15, 0.2) is 48.5 Å². The highest BCUT2D eigenvalue weighted by Gasteiger charge is 2.10. The summed E-state index contributed by atoms with van der Waals surface area (Å²) in [6.45, 7) is 0. The number of ether oxygens (including phenoxy) is 2. The van der Waals surface area contributed by atoms with E-state index in [0.29, 0.717) is 22.7 Å². The van der Waals surface area contributed by atoms with Gasteiger partial charge < -0.3 is 14.8 Å². The van der Waals surface area contributed by atoms with Gasteiger partial charge >= 0.3 is 0 Å². The second kappa shape index (κ2) is 7.77. The van der Waals surface area contributed by atoms with Gasteiger partial charge in [0.25, 0.3) is 5.69 Å². The molecule has 0 atom stereocenters. The van der Waals surface area contributed by atoms with E-state index in [2.05, 4.69) is 5.32 Å². The van der Waals surface area contributed by atoms with E-state index in [1.807, 2.05) is 0 Å². The maximum absolute atomic E-state index is 12.0. The molecule has 0 aromatic heterocycles. The summed E-state index contributed by atoms with van der Waals surface area (Å²) in [6, 6.07) is 11.1. The zero-order valence-electron chi connectivity index (χ0n) is 13.2. The Morgan fingerprint density at radius 2 is 1.83 bits per heavy atom. The molecule has 1 N–H and O–H groups in total. The Morgan fingerprint density at radius 1 is 1.12 bits per heavy atom. The zero-order valence-corrected chi connectivity index (χ0v) is 13.2. The van der Waals surface area contributed by atoms with Crippen molar-refractivity contribution in [3.63, 3.8) is 0 Å². The third-order valence-corrected chi connectivity index (χ3v) is 3.20. The van der Waals surface area contributed by atoms with Crippen LogP contribution in [0.5, 0.6) is 11.5 Å². The van der Waals surface area contributed by atoms with Gasteiger partial charge in [-0.15, -0.1) is 0 Å². The van der Waals surface area contributed by atoms with Crippen molar-refractivity contribution < 1.29 is 19.2 Å². The molecular formula is C17H16N2O5. The van der Waals surface area contributed by atoms with Gasteiger partial charge in [0, 0.05) is 23.9 Å². The first kappa shape index (κ1) is 17.0. The minimum Gasteiger partial charge on any atom is -0.493 e. The molecular weight excluding hydrogens is 312 g/mol. The van der Waals surface area contributed by atoms with E-state index >= 15 is 0 Å². The smallest absolute Gasteiger partial charge is 0.276 e. The number of rotatable bonds is 6. The van der Waals surface area contributed by atoms with Crippen molar-refractivity contribution in [3.8, 4) is 11.5 Å². The fourth-order valence-corrected chi connectivity index (χ4v) is 2.06. The van der Waals surface area contributed by atoms with E-state index in [9.17, 15) is 14.9 Å². The number of nitro groups is 1. The van der Waals surface area contributed by atoms with Gasteiger partial charge in [0.2, 0.25) is 5.91 Å². The summed E-state index contributed by atoms with van der Waals surface area (Å²) in [6.07, 6.45) is 2.63. The van der Waals surface area contributed by atoms with Crippen molar-refractivity contribution in [2.24, 2.45) is 0 Å². The molecule has 2 aromatic rings. The van der Waals surface area contributed by atoms with Crippen molar-refractivity contribution >= 4 is 23.4 Å². The molecule has 124 valence electrons. The average molecular weight is 328 g/mol. The van der Waals surface area contributed by atoms with E-state index in [1.54, 1.807) is 36.4 Å². The van der Waals surface area contributed by atoms with Crippen LogP contribution in [0, 0.1) is 10.1 Å². The minimum absolute atomic E-state index is 0.0623. The topological polar surface area (TPSA) is 90.7 Å². The van der Waals surface area contributed by atoms with Crippen molar-refractivity contribution in [3.05, 3.63) is 64.2 Å². The first-order chi connectivity index (χ1) is 11.5. The zero-order chi connectivity index (χ0) is 17.5. The molecule has 7 heteroatoms. The molecule has 24 heavy (non-hydrogen) atoms. The molecule has 2 aromatic carbocycles. The van der Waals surface area contributed by atoms with E-state index in [1.165, 1.54) is 32.4 Å². The Kier molecular flexibility index (Phi) is 5.51. The summed E-state index contributed by atoms with van der Waals surface area (Å²) in [7, 11) is 3.02. The van der Waals surface area contributed by atoms with Gasteiger partial charge in [-0.05, 0) is 24.3 Å². The Bertz CT molecular complexity index is 786. The number of carbonyl (C=O) groups excluding carboxylic acids is 1. The van der Waals surface area contributed by atoms with Crippen molar-refractivity contribution in [2.75, 3.05) is 19.5 Å². The van der Waals surface area contributed by atoms with Crippen LogP contribution in [0.25, 0.3) is 6.08 Å². The molecule has 0 bridgehead atoms. The highest BCUT2D eigenvalue weighted by atomic mass is 16.6. The second-order valence-corrected chi connectivity index (χ2v) is 4.71. The minimum atomic E-state index is -0.494. The predicted molar refractivity (Wildman–Crippen MR) is 90.3 cm³/mol. The van der Waals surface area contributed by atoms with Crippen LogP contribution < -0.4 is 14.8 Å². The highest BCUT2D eigenvalue weighted by Crippen LogP contribution is 2.29. The number of amides is 1. The van der Waals surface area contributed by atoms with Gasteiger partial charge in [-0.3, -0.25) is 14.9 Å². The summed E-state index contributed by atoms with van der Waals surface area (Å²) in [4.78, 5) is 22.4. The van der Waals surface area contributed by atoms with Crippen LogP contribution >= 0.6 is 0 Å². The van der Waals surface area contributed by atoms with Crippen LogP contribution in [0.3, 0.4) is 0 Å². The quantitative estimate of drug-likeness (QED) is 0.499. The second-order valence-electron chi connectivity index (χ2n) is 4.71. The molecule has 1 amide bonds. The van der Waals surface area contributed by atoms with Crippen molar-refractivity contribution in [1.29, 1.82) is 0 Å². The molecule has 0 saturated heterocycles. The molecule has 0 fully saturated rings. The van der Waals surface area contributed by atoms with Gasteiger partial charge in [-0.1, -0.05) is 12.1 Å². The molecule has 0 aliphatic heterocycles. The van der Waals surface area contributed by atoms with E-state index in [-0.39, 0.29) is 5.69 Å². The van der Waals surface area contributed by atoms with Crippen LogP contribution in [0.2, 0.25) is 0 Å². The first-order valence-corrected chi connectivity index (χ1v) is 6.99. The molecule has 0 aliphatic rings. The van der Waals surface area contributed by atoms with Gasteiger partial charge in [-0.25, -0.2) is 0 Å². The number of hydrogen-bond donors (Lipinski definition) is 1. The summed E-state index contributed by atoms with van der Waals surface area (Å²) in [5.74, 6) is 0.615. The Balaban J connectivity index is 2.13. The molecule has 0 radical (unpaired) electrons. The molecule has 0 heterocycles. The number of hydrogen-bond acceptors (Lipinski definition) is 5. The van der Waals surface area contributed by atoms with Crippen molar-refractivity contribution in [2.45, 2.75) is 0 Å². The lowest BCUT2D eigenvalue weighted by Gasteiger charge is -2.09. The number of anilines is 1. The fourth-order valence-electron chi connectivity index (χ4n) is 2.06. The number of nitrogens with zero attached hydrogens (tertiary/aromatic N) is 1. The normalized spacial score (nSPS) is 10.4. The third kappa shape index (κ3) is 4.10. The lowest BCUT2D eigenvalue weighted by molar-refractivity contribution is -0.385. The third-order valence-electron chi connectivity index (χ3n) is 3.20. The highest BCUT2D eigenvalue weighted by molar-refractivity contribution is 6.02. The van der Waals surface area contributed by atoms with Gasteiger partial charge in [0.15, 0.2) is 11.5 Å². The van der Waals surface area contributed by atoms with Gasteiger partial charge in [-0.2, -0.15) is 0 Å². The molecule has 7 nitrogen and oxygen atoms in total. The number of nitro benzene ring substituents is 1. The number of nitrogens with one attached hydrogen (secondary N) is 1. The number of methoxy groups -OCH3 is 2. The first-order valence-electron chi connectivity index (χ1n) is 6.99. The molecule has 0 spiro atoms. The summed E-state index contributed by atoms with van der Waals surface area (Å²) in [5.41, 5.74) is 0.808. The molecule has 0 unspecified atom stereocenters. The van der Waals surface area contributed by atoms with Gasteiger partial charge in [0.1, 0.15) is 0 Å². The monoisotopic (exact) mass is 328 g/mol. The largest absolute Gasteiger partial charge is 0.493 e. The Hall–Kier alpha value is -3.35. The summed E-state index contributed by atoms with van der Waals surface area (Å²) >= 11 is 0. The number of benzene rings is 2. The Morgan fingerprint density at radius 3 is 2.50 bits per heavy atom. The number of carbonyl (C=O) groups is 1. The molecule has 2 rings (SSSR count). The van der Waals surface area contributed by atoms with E-state index in [0.717, 1.165) is 0 Å². The van der Waals surface area contributed by atoms with Crippen LogP contribution in [-0.4, -0.2) is 25.1 Å². The molecule has 0 aliphatic carbocycles. The van der Waals surface area contributed by atoms with Crippen LogP contribution in [0.1, 0.15) is 5.56 Å². The Labute approximate surface area is 138 Å². The van der Waals surface area contributed by atoms with E-state index in [4.69, 9.17) is 9.47 Å². The lowest BCUT2D eigenvalue weighted by Crippen LogP contribution is -2.08. The SMILES string of the molecule is COc1ccc(NC(=O)/C=C/c2ccccc2[N+](=O)[O-])cc1OC. The number of para-hydroxylation sites is 1. The van der Waals surface area contributed by atoms with Crippen LogP contribution in [0.4, 0.5) is 11.4 Å². The summed E-state index contributed by atoms with van der Waals surface area (Å²) in [5, 5.41) is 13.6. The standard InChI is InChI=1S/C17H16N2O5/c1-23-15-9-8-13(11-16(15)24-2)18-17(20)10-7-12-5-3-4-6-14(12)19(21)22/h3-11H,1-2H3,(H,18,20)/b10-7+. The van der Waals surface area contributed by atoms with Crippen molar-refractivity contribution in [1.82, 2.24) is 0 Å². The predicted octanol–water partition coefficient (Wildman–Crippen LogP) is 3.26. The van der Waals surface area contributed by atoms with Gasteiger partial charge in [0.05, 0.1) is 24.7 Å². The maximum atomic E-state index is 12.0. The maximum Gasteiger partial charge on any atom is 0.276 e. The lowest BCUT2D eigenvalue weighted by atomic mass is 10.1. The van der Waals surface area contributed by atoms with E-state index < -0.39 is 10.8 Å². The average Bonchev–Trinajstić information content (AvgIpc) is 2.60. The van der Waals surface area contributed by atoms with Crippen LogP contribution in [-0.2, 0) is 4.79 Å². The fraction of sp³-hybridized carbons (Fsp3) is 0.118. The molecule has 0 saturated carbocycles.